The standard InChI is InChI=1S/C26H33N3O4/c1-32-22-11-13-23(14-12-22)33-18-25(30)28-21-9-7-19(8-10-21)26(31)27-17-20-5-4-16-29-15-3-2-6-24(20)29/h7-14,20,24H,2-6,15-18H2,1H3,(H,27,31)(H,28,30)/t20-,24+/m0/s1. The number of carbonyl (C=O) groups is 2. The summed E-state index contributed by atoms with van der Waals surface area (Å²) in [6.45, 7) is 3.02. The van der Waals surface area contributed by atoms with Gasteiger partial charge in [-0.25, -0.2) is 0 Å². The first kappa shape index (κ1) is 23.1. The summed E-state index contributed by atoms with van der Waals surface area (Å²) < 4.78 is 10.6. The number of benzene rings is 2. The minimum atomic E-state index is -0.266. The summed E-state index contributed by atoms with van der Waals surface area (Å²) >= 11 is 0. The Labute approximate surface area is 195 Å². The fourth-order valence-corrected chi connectivity index (χ4v) is 4.86. The highest BCUT2D eigenvalue weighted by Gasteiger charge is 2.32. The van der Waals surface area contributed by atoms with Gasteiger partial charge < -0.3 is 25.0 Å². The third-order valence-corrected chi connectivity index (χ3v) is 6.61. The Kier molecular flexibility index (Phi) is 7.83. The molecule has 4 rings (SSSR count). The van der Waals surface area contributed by atoms with Crippen LogP contribution in [0.5, 0.6) is 11.5 Å². The van der Waals surface area contributed by atoms with Crippen molar-refractivity contribution >= 4 is 17.5 Å². The van der Waals surface area contributed by atoms with Crippen molar-refractivity contribution in [2.24, 2.45) is 5.92 Å². The third kappa shape index (κ3) is 6.26. The van der Waals surface area contributed by atoms with Gasteiger partial charge in [0.1, 0.15) is 11.5 Å². The average Bonchev–Trinajstić information content (AvgIpc) is 2.86. The first-order valence-corrected chi connectivity index (χ1v) is 11.8. The van der Waals surface area contributed by atoms with Crippen molar-refractivity contribution in [2.75, 3.05) is 38.7 Å². The quantitative estimate of drug-likeness (QED) is 0.640. The smallest absolute Gasteiger partial charge is 0.262 e. The van der Waals surface area contributed by atoms with E-state index in [0.717, 1.165) is 12.3 Å². The molecule has 2 aromatic rings. The lowest BCUT2D eigenvalue weighted by atomic mass is 9.83. The first-order chi connectivity index (χ1) is 16.1. The van der Waals surface area contributed by atoms with E-state index in [-0.39, 0.29) is 18.4 Å². The molecule has 2 heterocycles. The summed E-state index contributed by atoms with van der Waals surface area (Å²) in [5.41, 5.74) is 1.22. The monoisotopic (exact) mass is 451 g/mol. The Hall–Kier alpha value is -3.06. The van der Waals surface area contributed by atoms with Crippen LogP contribution in [0.1, 0.15) is 42.5 Å². The molecular weight excluding hydrogens is 418 g/mol. The molecule has 0 bridgehead atoms. The van der Waals surface area contributed by atoms with Crippen LogP contribution in [0.25, 0.3) is 0 Å². The van der Waals surface area contributed by atoms with E-state index < -0.39 is 0 Å². The van der Waals surface area contributed by atoms with Crippen LogP contribution in [-0.4, -0.2) is 56.1 Å². The van der Waals surface area contributed by atoms with Crippen LogP contribution in [0, 0.1) is 5.92 Å². The van der Waals surface area contributed by atoms with Gasteiger partial charge in [-0.1, -0.05) is 6.42 Å². The molecule has 2 fully saturated rings. The topological polar surface area (TPSA) is 79.9 Å². The van der Waals surface area contributed by atoms with Gasteiger partial charge >= 0.3 is 0 Å². The molecule has 2 aromatic carbocycles. The van der Waals surface area contributed by atoms with Gasteiger partial charge in [0.25, 0.3) is 11.8 Å². The number of carbonyl (C=O) groups excluding carboxylic acids is 2. The van der Waals surface area contributed by atoms with Gasteiger partial charge in [-0.05, 0) is 93.2 Å². The number of methoxy groups -OCH3 is 1. The zero-order valence-electron chi connectivity index (χ0n) is 19.2. The molecule has 2 amide bonds. The zero-order valence-corrected chi connectivity index (χ0v) is 19.2. The van der Waals surface area contributed by atoms with Crippen molar-refractivity contribution in [2.45, 2.75) is 38.1 Å². The van der Waals surface area contributed by atoms with Gasteiger partial charge in [0.15, 0.2) is 6.61 Å². The van der Waals surface area contributed by atoms with Gasteiger partial charge in [0.05, 0.1) is 7.11 Å². The molecule has 0 radical (unpaired) electrons. The average molecular weight is 452 g/mol. The number of fused-ring (bicyclic) bond motifs is 1. The van der Waals surface area contributed by atoms with Crippen molar-refractivity contribution < 1.29 is 19.1 Å². The Morgan fingerprint density at radius 1 is 0.939 bits per heavy atom. The second kappa shape index (κ2) is 11.2. The number of nitrogens with zero attached hydrogens (tertiary/aromatic N) is 1. The fraction of sp³-hybridized carbons (Fsp3) is 0.462. The summed E-state index contributed by atoms with van der Waals surface area (Å²) in [7, 11) is 1.60. The lowest BCUT2D eigenvalue weighted by molar-refractivity contribution is -0.118. The molecule has 2 aliphatic rings. The molecule has 0 unspecified atom stereocenters. The van der Waals surface area contributed by atoms with Crippen molar-refractivity contribution in [1.82, 2.24) is 10.2 Å². The van der Waals surface area contributed by atoms with Gasteiger partial charge in [-0.2, -0.15) is 0 Å². The SMILES string of the molecule is COc1ccc(OCC(=O)Nc2ccc(C(=O)NC[C@@H]3CCCN4CCCC[C@H]34)cc2)cc1. The summed E-state index contributed by atoms with van der Waals surface area (Å²) in [5.74, 6) is 1.52. The molecule has 2 atom stereocenters. The molecule has 7 heteroatoms. The van der Waals surface area contributed by atoms with E-state index in [0.29, 0.717) is 29.0 Å². The highest BCUT2D eigenvalue weighted by molar-refractivity contribution is 5.96. The van der Waals surface area contributed by atoms with Crippen LogP contribution >= 0.6 is 0 Å². The van der Waals surface area contributed by atoms with Crippen LogP contribution in [0.2, 0.25) is 0 Å². The third-order valence-electron chi connectivity index (χ3n) is 6.61. The van der Waals surface area contributed by atoms with E-state index in [9.17, 15) is 9.59 Å². The second-order valence-corrected chi connectivity index (χ2v) is 8.80. The fourth-order valence-electron chi connectivity index (χ4n) is 4.86. The molecule has 2 aliphatic heterocycles. The van der Waals surface area contributed by atoms with Crippen molar-refractivity contribution in [3.05, 3.63) is 54.1 Å². The normalized spacial score (nSPS) is 20.4. The molecule has 0 aromatic heterocycles. The number of amides is 2. The highest BCUT2D eigenvalue weighted by Crippen LogP contribution is 2.30. The first-order valence-electron chi connectivity index (χ1n) is 11.8. The molecule has 0 spiro atoms. The number of hydrogen-bond acceptors (Lipinski definition) is 5. The molecule has 0 saturated carbocycles. The number of hydrogen-bond donors (Lipinski definition) is 2. The van der Waals surface area contributed by atoms with Gasteiger partial charge in [-0.3, -0.25) is 9.59 Å². The van der Waals surface area contributed by atoms with E-state index in [1.807, 2.05) is 0 Å². The Balaban J connectivity index is 1.22. The molecular formula is C26H33N3O4. The summed E-state index contributed by atoms with van der Waals surface area (Å²) in [6.07, 6.45) is 6.24. The van der Waals surface area contributed by atoms with Crippen LogP contribution in [0.4, 0.5) is 5.69 Å². The maximum atomic E-state index is 12.6. The molecule has 2 N–H and O–H groups in total. The zero-order chi connectivity index (χ0) is 23.0. The minimum Gasteiger partial charge on any atom is -0.497 e. The molecule has 7 nitrogen and oxygen atoms in total. The van der Waals surface area contributed by atoms with Gasteiger partial charge in [0.2, 0.25) is 0 Å². The number of rotatable bonds is 8. The maximum absolute atomic E-state index is 12.6. The van der Waals surface area contributed by atoms with Crippen molar-refractivity contribution in [1.29, 1.82) is 0 Å². The lowest BCUT2D eigenvalue weighted by Gasteiger charge is -2.44. The lowest BCUT2D eigenvalue weighted by Crippen LogP contribution is -2.51. The van der Waals surface area contributed by atoms with E-state index in [1.54, 1.807) is 55.6 Å². The minimum absolute atomic E-state index is 0.0661. The van der Waals surface area contributed by atoms with Crippen molar-refractivity contribution in [3.63, 3.8) is 0 Å². The predicted molar refractivity (Wildman–Crippen MR) is 128 cm³/mol. The molecule has 176 valence electrons. The van der Waals surface area contributed by atoms with E-state index in [2.05, 4.69) is 15.5 Å². The number of ether oxygens (including phenoxy) is 2. The number of piperidine rings is 2. The molecule has 0 aliphatic carbocycles. The van der Waals surface area contributed by atoms with E-state index >= 15 is 0 Å². The van der Waals surface area contributed by atoms with Crippen molar-refractivity contribution in [3.8, 4) is 11.5 Å². The highest BCUT2D eigenvalue weighted by atomic mass is 16.5. The Morgan fingerprint density at radius 3 is 2.42 bits per heavy atom. The predicted octanol–water partition coefficient (Wildman–Crippen LogP) is 3.71. The molecule has 33 heavy (non-hydrogen) atoms. The van der Waals surface area contributed by atoms with Crippen LogP contribution < -0.4 is 20.1 Å². The number of nitrogens with one attached hydrogen (secondary N) is 2. The summed E-state index contributed by atoms with van der Waals surface area (Å²) in [4.78, 5) is 27.4. The largest absolute Gasteiger partial charge is 0.497 e. The van der Waals surface area contributed by atoms with Crippen LogP contribution in [-0.2, 0) is 4.79 Å². The molecule has 2 saturated heterocycles. The van der Waals surface area contributed by atoms with Crippen LogP contribution in [0.3, 0.4) is 0 Å². The van der Waals surface area contributed by atoms with Gasteiger partial charge in [-0.15, -0.1) is 0 Å². The van der Waals surface area contributed by atoms with E-state index in [1.165, 1.54) is 45.2 Å². The Bertz CT molecular complexity index is 928. The van der Waals surface area contributed by atoms with Gasteiger partial charge in [0, 0.05) is 23.8 Å². The van der Waals surface area contributed by atoms with Crippen LogP contribution in [0.15, 0.2) is 48.5 Å². The number of anilines is 1. The maximum Gasteiger partial charge on any atom is 0.262 e. The summed E-state index contributed by atoms with van der Waals surface area (Å²) in [6, 6.07) is 14.6. The Morgan fingerprint density at radius 2 is 1.67 bits per heavy atom. The van der Waals surface area contributed by atoms with E-state index in [4.69, 9.17) is 9.47 Å². The second-order valence-electron chi connectivity index (χ2n) is 8.80. The summed E-state index contributed by atoms with van der Waals surface area (Å²) in [5, 5.41) is 5.92.